The zero-order valence-electron chi connectivity index (χ0n) is 20.1. The molecule has 3 aromatic rings. The van der Waals surface area contributed by atoms with Crippen LogP contribution in [0.2, 0.25) is 0 Å². The van der Waals surface area contributed by atoms with Gasteiger partial charge >= 0.3 is 0 Å². The zero-order chi connectivity index (χ0) is 25.6. The first-order chi connectivity index (χ1) is 16.6. The van der Waals surface area contributed by atoms with Gasteiger partial charge in [-0.2, -0.15) is 5.10 Å². The molecule has 0 saturated carbocycles. The van der Waals surface area contributed by atoms with Crippen molar-refractivity contribution in [2.45, 2.75) is 32.6 Å². The summed E-state index contributed by atoms with van der Waals surface area (Å²) in [5, 5.41) is 6.82. The van der Waals surface area contributed by atoms with Gasteiger partial charge in [0.25, 0.3) is 15.9 Å². The van der Waals surface area contributed by atoms with Crippen LogP contribution >= 0.6 is 0 Å². The van der Waals surface area contributed by atoms with Crippen molar-refractivity contribution in [1.82, 2.24) is 5.43 Å². The number of nitrogens with one attached hydrogen (secondary N) is 2. The Balaban J connectivity index is 1.84. The standard InChI is InChI=1S/C26H28N4O4S/c1-18-9-8-12-25(19(18)2)30(35(33,34)24-10-6-5-7-11-24)17-26(32)29-28-20(3)22-13-15-23(16-14-22)27-21(4)31/h5-16H,17H2,1-4H3,(H,27,31)(H,29,32)/b28-20-. The van der Waals surface area contributed by atoms with E-state index in [2.05, 4.69) is 15.8 Å². The van der Waals surface area contributed by atoms with Gasteiger partial charge in [0.1, 0.15) is 6.54 Å². The van der Waals surface area contributed by atoms with Crippen LogP contribution in [0.1, 0.15) is 30.5 Å². The van der Waals surface area contributed by atoms with Crippen LogP contribution in [0.3, 0.4) is 0 Å². The second-order valence-corrected chi connectivity index (χ2v) is 9.90. The van der Waals surface area contributed by atoms with E-state index >= 15 is 0 Å². The summed E-state index contributed by atoms with van der Waals surface area (Å²) >= 11 is 0. The molecule has 0 spiro atoms. The largest absolute Gasteiger partial charge is 0.326 e. The molecule has 8 nitrogen and oxygen atoms in total. The van der Waals surface area contributed by atoms with Crippen LogP contribution in [-0.2, 0) is 19.6 Å². The fourth-order valence-corrected chi connectivity index (χ4v) is 4.90. The molecule has 0 saturated heterocycles. The van der Waals surface area contributed by atoms with E-state index in [4.69, 9.17) is 0 Å². The molecule has 0 atom stereocenters. The SMILES string of the molecule is CC(=O)Nc1ccc(/C(C)=N\NC(=O)CN(c2cccc(C)c2C)S(=O)(=O)c2ccccc2)cc1. The van der Waals surface area contributed by atoms with Gasteiger partial charge in [-0.05, 0) is 67.8 Å². The van der Waals surface area contributed by atoms with Crippen LogP contribution in [0.15, 0.2) is 82.8 Å². The number of carbonyl (C=O) groups excluding carboxylic acids is 2. The minimum atomic E-state index is -4.00. The maximum Gasteiger partial charge on any atom is 0.264 e. The molecule has 182 valence electrons. The maximum atomic E-state index is 13.5. The summed E-state index contributed by atoms with van der Waals surface area (Å²) in [5.41, 5.74) is 6.47. The predicted octanol–water partition coefficient (Wildman–Crippen LogP) is 4.00. The van der Waals surface area contributed by atoms with Crippen LogP contribution in [0.4, 0.5) is 11.4 Å². The van der Waals surface area contributed by atoms with E-state index in [1.54, 1.807) is 61.5 Å². The summed E-state index contributed by atoms with van der Waals surface area (Å²) in [6, 6.07) is 20.3. The third-order valence-corrected chi connectivity index (χ3v) is 7.21. The summed E-state index contributed by atoms with van der Waals surface area (Å²) in [5.74, 6) is -0.756. The van der Waals surface area contributed by atoms with Crippen molar-refractivity contribution >= 4 is 38.9 Å². The van der Waals surface area contributed by atoms with Crippen molar-refractivity contribution < 1.29 is 18.0 Å². The van der Waals surface area contributed by atoms with Gasteiger partial charge in [0, 0.05) is 12.6 Å². The Kier molecular flexibility index (Phi) is 8.03. The van der Waals surface area contributed by atoms with Crippen LogP contribution in [0, 0.1) is 13.8 Å². The quantitative estimate of drug-likeness (QED) is 0.366. The fourth-order valence-electron chi connectivity index (χ4n) is 3.40. The fraction of sp³-hybridized carbons (Fsp3) is 0.192. The smallest absolute Gasteiger partial charge is 0.264 e. The van der Waals surface area contributed by atoms with Gasteiger partial charge in [0.05, 0.1) is 16.3 Å². The Labute approximate surface area is 205 Å². The molecule has 0 heterocycles. The molecule has 2 amide bonds. The summed E-state index contributed by atoms with van der Waals surface area (Å²) in [6.45, 7) is 6.41. The number of amides is 2. The Morgan fingerprint density at radius 1 is 0.886 bits per heavy atom. The first-order valence-corrected chi connectivity index (χ1v) is 12.4. The predicted molar refractivity (Wildman–Crippen MR) is 138 cm³/mol. The molecule has 3 aromatic carbocycles. The molecule has 0 aromatic heterocycles. The highest BCUT2D eigenvalue weighted by Crippen LogP contribution is 2.28. The molecule has 0 bridgehead atoms. The van der Waals surface area contributed by atoms with Crippen LogP contribution < -0.4 is 15.0 Å². The molecule has 3 rings (SSSR count). The monoisotopic (exact) mass is 492 g/mol. The number of hydrogen-bond donors (Lipinski definition) is 2. The molecule has 0 aliphatic carbocycles. The molecule has 0 aliphatic rings. The normalized spacial score (nSPS) is 11.6. The van der Waals surface area contributed by atoms with Crippen LogP contribution in [-0.4, -0.2) is 32.5 Å². The van der Waals surface area contributed by atoms with Gasteiger partial charge in [-0.3, -0.25) is 13.9 Å². The zero-order valence-corrected chi connectivity index (χ0v) is 20.9. The van der Waals surface area contributed by atoms with Crippen molar-refractivity contribution in [2.24, 2.45) is 5.10 Å². The Hall–Kier alpha value is -3.98. The number of nitrogens with zero attached hydrogens (tertiary/aromatic N) is 2. The minimum absolute atomic E-state index is 0.0904. The lowest BCUT2D eigenvalue weighted by Gasteiger charge is -2.26. The molecule has 35 heavy (non-hydrogen) atoms. The Bertz CT molecular complexity index is 1350. The lowest BCUT2D eigenvalue weighted by atomic mass is 10.1. The Morgan fingerprint density at radius 2 is 1.54 bits per heavy atom. The molecule has 0 radical (unpaired) electrons. The van der Waals surface area contributed by atoms with E-state index in [1.165, 1.54) is 19.1 Å². The van der Waals surface area contributed by atoms with Crippen LogP contribution in [0.5, 0.6) is 0 Å². The van der Waals surface area contributed by atoms with E-state index < -0.39 is 22.5 Å². The number of benzene rings is 3. The third-order valence-electron chi connectivity index (χ3n) is 5.43. The summed E-state index contributed by atoms with van der Waals surface area (Å²) < 4.78 is 28.1. The number of aryl methyl sites for hydroxylation is 1. The van der Waals surface area contributed by atoms with Crippen molar-refractivity contribution in [3.8, 4) is 0 Å². The van der Waals surface area contributed by atoms with Gasteiger partial charge < -0.3 is 5.32 Å². The number of anilines is 2. The Morgan fingerprint density at radius 3 is 2.17 bits per heavy atom. The number of sulfonamides is 1. The van der Waals surface area contributed by atoms with E-state index in [0.29, 0.717) is 17.1 Å². The number of carbonyl (C=O) groups is 2. The second kappa shape index (κ2) is 11.0. The summed E-state index contributed by atoms with van der Waals surface area (Å²) in [4.78, 5) is 24.1. The molecule has 2 N–H and O–H groups in total. The molecule has 9 heteroatoms. The van der Waals surface area contributed by atoms with Gasteiger partial charge in [-0.15, -0.1) is 0 Å². The van der Waals surface area contributed by atoms with Crippen molar-refractivity contribution in [2.75, 3.05) is 16.2 Å². The molecule has 0 fully saturated rings. The van der Waals surface area contributed by atoms with Crippen molar-refractivity contribution in [1.29, 1.82) is 0 Å². The number of rotatable bonds is 8. The maximum absolute atomic E-state index is 13.5. The second-order valence-electron chi connectivity index (χ2n) is 8.03. The lowest BCUT2D eigenvalue weighted by molar-refractivity contribution is -0.119. The minimum Gasteiger partial charge on any atom is -0.326 e. The summed E-state index contributed by atoms with van der Waals surface area (Å²) in [7, 11) is -4.00. The lowest BCUT2D eigenvalue weighted by Crippen LogP contribution is -2.40. The van der Waals surface area contributed by atoms with Gasteiger partial charge in [-0.25, -0.2) is 13.8 Å². The average molecular weight is 493 g/mol. The van der Waals surface area contributed by atoms with Crippen molar-refractivity contribution in [3.05, 3.63) is 89.5 Å². The van der Waals surface area contributed by atoms with Gasteiger partial charge in [0.15, 0.2) is 0 Å². The molecule has 0 aliphatic heterocycles. The van der Waals surface area contributed by atoms with Gasteiger partial charge in [-0.1, -0.05) is 42.5 Å². The highest BCUT2D eigenvalue weighted by Gasteiger charge is 2.28. The molecular weight excluding hydrogens is 464 g/mol. The number of hydrazone groups is 1. The molecule has 0 unspecified atom stereocenters. The topological polar surface area (TPSA) is 108 Å². The third kappa shape index (κ3) is 6.33. The summed E-state index contributed by atoms with van der Waals surface area (Å²) in [6.07, 6.45) is 0. The van der Waals surface area contributed by atoms with Crippen molar-refractivity contribution in [3.63, 3.8) is 0 Å². The van der Waals surface area contributed by atoms with E-state index in [-0.39, 0.29) is 10.8 Å². The highest BCUT2D eigenvalue weighted by atomic mass is 32.2. The molecular formula is C26H28N4O4S. The average Bonchev–Trinajstić information content (AvgIpc) is 2.83. The van der Waals surface area contributed by atoms with Gasteiger partial charge in [0.2, 0.25) is 5.91 Å². The first kappa shape index (κ1) is 25.6. The number of hydrogen-bond acceptors (Lipinski definition) is 5. The van der Waals surface area contributed by atoms with E-state index in [1.807, 2.05) is 19.9 Å². The first-order valence-electron chi connectivity index (χ1n) is 10.9. The highest BCUT2D eigenvalue weighted by molar-refractivity contribution is 7.92. The van der Waals surface area contributed by atoms with E-state index in [0.717, 1.165) is 21.0 Å². The van der Waals surface area contributed by atoms with E-state index in [9.17, 15) is 18.0 Å². The van der Waals surface area contributed by atoms with Crippen LogP contribution in [0.25, 0.3) is 0 Å².